The summed E-state index contributed by atoms with van der Waals surface area (Å²) in [7, 11) is 0. The summed E-state index contributed by atoms with van der Waals surface area (Å²) in [5, 5.41) is 9.10. The van der Waals surface area contributed by atoms with Gasteiger partial charge in [-0.1, -0.05) is 6.92 Å². The van der Waals surface area contributed by atoms with Crippen LogP contribution in [0, 0.1) is 11.3 Å². The lowest BCUT2D eigenvalue weighted by Gasteiger charge is -2.07. The predicted molar refractivity (Wildman–Crippen MR) is 58.8 cm³/mol. The molecule has 0 aliphatic carbocycles. The molecule has 2 N–H and O–H groups in total. The van der Waals surface area contributed by atoms with Crippen LogP contribution in [0.5, 0.6) is 0 Å². The molecule has 0 amide bonds. The minimum absolute atomic E-state index is 0.453. The maximum Gasteiger partial charge on any atom is 0.140 e. The molecule has 0 aromatic carbocycles. The molecule has 0 aliphatic heterocycles. The zero-order valence-electron chi connectivity index (χ0n) is 8.10. The average molecular weight is 207 g/mol. The van der Waals surface area contributed by atoms with Crippen molar-refractivity contribution < 1.29 is 0 Å². The molecule has 0 radical (unpaired) electrons. The van der Waals surface area contributed by atoms with Gasteiger partial charge in [0.1, 0.15) is 11.8 Å². The molecule has 1 atom stereocenters. The van der Waals surface area contributed by atoms with E-state index in [9.17, 15) is 0 Å². The molecule has 3 nitrogen and oxygen atoms in total. The van der Waals surface area contributed by atoms with Crippen molar-refractivity contribution in [3.05, 3.63) is 29.6 Å². The normalized spacial score (nSPS) is 12.1. The Morgan fingerprint density at radius 3 is 3.14 bits per heavy atom. The Hall–Kier alpha value is -1.05. The number of rotatable bonds is 4. The van der Waals surface area contributed by atoms with E-state index in [0.717, 1.165) is 11.3 Å². The summed E-state index contributed by atoms with van der Waals surface area (Å²) in [4.78, 5) is 3.91. The highest BCUT2D eigenvalue weighted by molar-refractivity contribution is 7.99. The number of aromatic nitrogens is 1. The molecule has 1 heterocycles. The lowest BCUT2D eigenvalue weighted by Crippen LogP contribution is -2.12. The third-order valence-electron chi connectivity index (χ3n) is 1.81. The average Bonchev–Trinajstić information content (AvgIpc) is 2.26. The van der Waals surface area contributed by atoms with Crippen molar-refractivity contribution in [2.75, 3.05) is 6.54 Å². The summed E-state index contributed by atoms with van der Waals surface area (Å²) in [5.74, 6) is 0.884. The van der Waals surface area contributed by atoms with Crippen molar-refractivity contribution in [3.8, 4) is 6.07 Å². The van der Waals surface area contributed by atoms with Crippen LogP contribution in [0.25, 0.3) is 0 Å². The smallest absolute Gasteiger partial charge is 0.140 e. The number of hydrogen-bond donors (Lipinski definition) is 1. The zero-order chi connectivity index (χ0) is 10.4. The highest BCUT2D eigenvalue weighted by atomic mass is 32.2. The van der Waals surface area contributed by atoms with Crippen LogP contribution in [-0.4, -0.2) is 16.8 Å². The summed E-state index contributed by atoms with van der Waals surface area (Å²) in [5.41, 5.74) is 7.11. The summed E-state index contributed by atoms with van der Waals surface area (Å²) in [6.07, 6.45) is 1.67. The van der Waals surface area contributed by atoms with E-state index in [0.29, 0.717) is 17.5 Å². The van der Waals surface area contributed by atoms with Gasteiger partial charge < -0.3 is 5.73 Å². The Morgan fingerprint density at radius 1 is 1.71 bits per heavy atom. The van der Waals surface area contributed by atoms with Gasteiger partial charge in [0, 0.05) is 23.7 Å². The highest BCUT2D eigenvalue weighted by Crippen LogP contribution is 2.16. The molecule has 1 aromatic heterocycles. The van der Waals surface area contributed by atoms with E-state index in [1.807, 2.05) is 18.2 Å². The van der Waals surface area contributed by atoms with E-state index < -0.39 is 0 Å². The van der Waals surface area contributed by atoms with Gasteiger partial charge in [-0.05, 0) is 17.7 Å². The molecular weight excluding hydrogens is 194 g/mol. The van der Waals surface area contributed by atoms with E-state index in [4.69, 9.17) is 11.0 Å². The predicted octanol–water partition coefficient (Wildman–Crippen LogP) is 1.53. The van der Waals surface area contributed by atoms with Crippen LogP contribution in [0.15, 0.2) is 18.3 Å². The van der Waals surface area contributed by atoms with Crippen LogP contribution in [-0.2, 0) is 5.75 Å². The van der Waals surface area contributed by atoms with Gasteiger partial charge >= 0.3 is 0 Å². The van der Waals surface area contributed by atoms with Gasteiger partial charge in [0.05, 0.1) is 0 Å². The van der Waals surface area contributed by atoms with Crippen molar-refractivity contribution in [2.45, 2.75) is 17.9 Å². The Kier molecular flexibility index (Phi) is 4.44. The molecule has 0 saturated carbocycles. The highest BCUT2D eigenvalue weighted by Gasteiger charge is 2.01. The second-order valence-electron chi connectivity index (χ2n) is 3.02. The van der Waals surface area contributed by atoms with Crippen molar-refractivity contribution >= 4 is 11.8 Å². The second-order valence-corrected chi connectivity index (χ2v) is 4.45. The van der Waals surface area contributed by atoms with E-state index in [-0.39, 0.29) is 0 Å². The molecule has 1 unspecified atom stereocenters. The number of hydrogen-bond acceptors (Lipinski definition) is 4. The first-order chi connectivity index (χ1) is 6.76. The number of nitrogens with two attached hydrogens (primary N) is 1. The number of pyridine rings is 1. The van der Waals surface area contributed by atoms with E-state index in [1.165, 1.54) is 0 Å². The molecule has 0 fully saturated rings. The number of nitrogens with zero attached hydrogens (tertiary/aromatic N) is 2. The van der Waals surface area contributed by atoms with Crippen molar-refractivity contribution in [1.29, 1.82) is 5.26 Å². The van der Waals surface area contributed by atoms with Gasteiger partial charge in [-0.15, -0.1) is 0 Å². The third-order valence-corrected chi connectivity index (χ3v) is 3.07. The first-order valence-corrected chi connectivity index (χ1v) is 5.48. The molecule has 0 saturated heterocycles. The van der Waals surface area contributed by atoms with Crippen LogP contribution in [0.1, 0.15) is 18.2 Å². The lowest BCUT2D eigenvalue weighted by atomic mass is 10.2. The van der Waals surface area contributed by atoms with Crippen LogP contribution < -0.4 is 5.73 Å². The zero-order valence-corrected chi connectivity index (χ0v) is 8.92. The second kappa shape index (κ2) is 5.63. The van der Waals surface area contributed by atoms with Gasteiger partial charge in [0.2, 0.25) is 0 Å². The van der Waals surface area contributed by atoms with Crippen LogP contribution in [0.2, 0.25) is 0 Å². The standard InChI is InChI=1S/C10H13N3S/c1-8(5-11)14-7-9-2-3-13-10(4-9)6-12/h2-4,8H,5,7,11H2,1H3. The SMILES string of the molecule is CC(CN)SCc1ccnc(C#N)c1. The van der Waals surface area contributed by atoms with Gasteiger partial charge in [-0.3, -0.25) is 0 Å². The molecule has 14 heavy (non-hydrogen) atoms. The third kappa shape index (κ3) is 3.36. The number of thioether (sulfide) groups is 1. The maximum absolute atomic E-state index is 8.65. The van der Waals surface area contributed by atoms with Crippen LogP contribution >= 0.6 is 11.8 Å². The Morgan fingerprint density at radius 2 is 2.50 bits per heavy atom. The number of nitriles is 1. The Bertz CT molecular complexity index is 332. The quantitative estimate of drug-likeness (QED) is 0.813. The van der Waals surface area contributed by atoms with Gasteiger partial charge in [0.15, 0.2) is 0 Å². The fourth-order valence-corrected chi connectivity index (χ4v) is 1.72. The van der Waals surface area contributed by atoms with Crippen LogP contribution in [0.4, 0.5) is 0 Å². The lowest BCUT2D eigenvalue weighted by molar-refractivity contribution is 0.950. The molecule has 1 aromatic rings. The van der Waals surface area contributed by atoms with Crippen molar-refractivity contribution in [1.82, 2.24) is 4.98 Å². The first-order valence-electron chi connectivity index (χ1n) is 4.43. The van der Waals surface area contributed by atoms with Gasteiger partial charge in [0.25, 0.3) is 0 Å². The summed E-state index contributed by atoms with van der Waals surface area (Å²) >= 11 is 1.79. The molecule has 0 bridgehead atoms. The maximum atomic E-state index is 8.65. The van der Waals surface area contributed by atoms with E-state index in [2.05, 4.69) is 11.9 Å². The first kappa shape index (κ1) is 11.0. The molecule has 0 aliphatic rings. The minimum Gasteiger partial charge on any atom is -0.329 e. The fraction of sp³-hybridized carbons (Fsp3) is 0.400. The largest absolute Gasteiger partial charge is 0.329 e. The topological polar surface area (TPSA) is 62.7 Å². The van der Waals surface area contributed by atoms with E-state index >= 15 is 0 Å². The fourth-order valence-electron chi connectivity index (χ4n) is 0.932. The monoisotopic (exact) mass is 207 g/mol. The summed E-state index contributed by atoms with van der Waals surface area (Å²) < 4.78 is 0. The van der Waals surface area contributed by atoms with E-state index in [1.54, 1.807) is 18.0 Å². The van der Waals surface area contributed by atoms with Gasteiger partial charge in [-0.25, -0.2) is 4.98 Å². The molecule has 1 rings (SSSR count). The van der Waals surface area contributed by atoms with Crippen molar-refractivity contribution in [2.24, 2.45) is 5.73 Å². The van der Waals surface area contributed by atoms with Gasteiger partial charge in [-0.2, -0.15) is 17.0 Å². The van der Waals surface area contributed by atoms with Crippen molar-refractivity contribution in [3.63, 3.8) is 0 Å². The summed E-state index contributed by atoms with van der Waals surface area (Å²) in [6.45, 7) is 2.78. The molecule has 0 spiro atoms. The summed E-state index contributed by atoms with van der Waals surface area (Å²) in [6, 6.07) is 5.77. The molecule has 4 heteroatoms. The molecule has 74 valence electrons. The Balaban J connectivity index is 2.55. The minimum atomic E-state index is 0.453. The Labute approximate surface area is 88.3 Å². The van der Waals surface area contributed by atoms with Crippen LogP contribution in [0.3, 0.4) is 0 Å². The molecular formula is C10H13N3S.